The molecule has 1 heterocycles. The van der Waals surface area contributed by atoms with Crippen molar-refractivity contribution >= 4 is 38.6 Å². The first kappa shape index (κ1) is 29.5. The average Bonchev–Trinajstić information content (AvgIpc) is 3.42. The molecule has 0 aliphatic carbocycles. The van der Waals surface area contributed by atoms with E-state index in [2.05, 4.69) is 183 Å². The summed E-state index contributed by atoms with van der Waals surface area (Å²) in [6.45, 7) is 8.58. The number of para-hydroxylation sites is 1. The van der Waals surface area contributed by atoms with Gasteiger partial charge in [-0.25, -0.2) is 4.68 Å². The van der Waals surface area contributed by atoms with Crippen molar-refractivity contribution in [2.75, 3.05) is 4.90 Å². The van der Waals surface area contributed by atoms with Crippen LogP contribution in [-0.4, -0.2) is 9.78 Å². The van der Waals surface area contributed by atoms with Crippen LogP contribution in [0.4, 0.5) is 17.1 Å². The number of fused-ring (bicyclic) bond motifs is 2. The van der Waals surface area contributed by atoms with Crippen LogP contribution in [0.1, 0.15) is 22.5 Å². The largest absolute Gasteiger partial charge is 0.311 e. The fraction of sp³-hybridized carbons (Fsp3) is 0.0889. The first-order valence-electron chi connectivity index (χ1n) is 16.6. The van der Waals surface area contributed by atoms with Crippen molar-refractivity contribution in [1.82, 2.24) is 9.78 Å². The Kier molecular flexibility index (Phi) is 7.38. The van der Waals surface area contributed by atoms with Gasteiger partial charge in [0.05, 0.1) is 11.4 Å². The van der Waals surface area contributed by atoms with Gasteiger partial charge in [0, 0.05) is 33.9 Å². The van der Waals surface area contributed by atoms with Crippen molar-refractivity contribution in [3.8, 4) is 27.9 Å². The summed E-state index contributed by atoms with van der Waals surface area (Å²) in [6, 6.07) is 54.7. The lowest BCUT2D eigenvalue weighted by molar-refractivity contribution is 0.834. The van der Waals surface area contributed by atoms with Crippen LogP contribution in [0.15, 0.2) is 152 Å². The van der Waals surface area contributed by atoms with E-state index in [1.165, 1.54) is 54.9 Å². The van der Waals surface area contributed by atoms with Gasteiger partial charge < -0.3 is 4.90 Å². The van der Waals surface area contributed by atoms with Crippen LogP contribution >= 0.6 is 0 Å². The first-order chi connectivity index (χ1) is 23.5. The molecule has 0 aliphatic rings. The molecule has 0 fully saturated rings. The lowest BCUT2D eigenvalue weighted by Crippen LogP contribution is -2.09. The van der Waals surface area contributed by atoms with Crippen LogP contribution in [0.25, 0.3) is 49.5 Å². The van der Waals surface area contributed by atoms with Crippen molar-refractivity contribution in [1.29, 1.82) is 0 Å². The van der Waals surface area contributed by atoms with Crippen LogP contribution in [0.5, 0.6) is 0 Å². The second-order valence-corrected chi connectivity index (χ2v) is 12.7. The summed E-state index contributed by atoms with van der Waals surface area (Å²) in [5.41, 5.74) is 14.0. The zero-order valence-electron chi connectivity index (χ0n) is 27.8. The van der Waals surface area contributed by atoms with Gasteiger partial charge in [-0.2, -0.15) is 5.10 Å². The maximum Gasteiger partial charge on any atom is 0.0679 e. The summed E-state index contributed by atoms with van der Waals surface area (Å²) in [4.78, 5) is 2.33. The van der Waals surface area contributed by atoms with Crippen molar-refractivity contribution in [2.45, 2.75) is 27.7 Å². The molecule has 3 heteroatoms. The fourth-order valence-electron chi connectivity index (χ4n) is 7.15. The van der Waals surface area contributed by atoms with Crippen LogP contribution in [-0.2, 0) is 0 Å². The monoisotopic (exact) mass is 619 g/mol. The molecule has 0 saturated carbocycles. The van der Waals surface area contributed by atoms with Crippen LogP contribution in [0.3, 0.4) is 0 Å². The Labute approximate surface area is 282 Å². The number of hydrogen-bond donors (Lipinski definition) is 0. The lowest BCUT2D eigenvalue weighted by Gasteiger charge is -2.26. The molecule has 0 saturated heterocycles. The van der Waals surface area contributed by atoms with Crippen molar-refractivity contribution in [3.63, 3.8) is 0 Å². The van der Waals surface area contributed by atoms with Crippen molar-refractivity contribution in [2.24, 2.45) is 0 Å². The maximum atomic E-state index is 5.05. The number of aryl methyl sites for hydroxylation is 3. The van der Waals surface area contributed by atoms with E-state index in [-0.39, 0.29) is 0 Å². The predicted octanol–water partition coefficient (Wildman–Crippen LogP) is 12.2. The van der Waals surface area contributed by atoms with E-state index in [9.17, 15) is 0 Å². The Morgan fingerprint density at radius 3 is 1.31 bits per heavy atom. The van der Waals surface area contributed by atoms with Gasteiger partial charge in [0.15, 0.2) is 0 Å². The van der Waals surface area contributed by atoms with Crippen LogP contribution in [0.2, 0.25) is 0 Å². The highest BCUT2D eigenvalue weighted by Crippen LogP contribution is 2.46. The first-order valence-corrected chi connectivity index (χ1v) is 16.6. The van der Waals surface area contributed by atoms with E-state index in [1.54, 1.807) is 0 Å². The normalized spacial score (nSPS) is 11.3. The molecule has 48 heavy (non-hydrogen) atoms. The van der Waals surface area contributed by atoms with Crippen LogP contribution < -0.4 is 4.90 Å². The Morgan fingerprint density at radius 2 is 0.833 bits per heavy atom. The molecule has 0 unspecified atom stereocenters. The minimum atomic E-state index is 1.02. The molecule has 7 aromatic carbocycles. The number of benzene rings is 7. The van der Waals surface area contributed by atoms with Gasteiger partial charge >= 0.3 is 0 Å². The summed E-state index contributed by atoms with van der Waals surface area (Å²) in [7, 11) is 0. The van der Waals surface area contributed by atoms with Gasteiger partial charge in [0.2, 0.25) is 0 Å². The second-order valence-electron chi connectivity index (χ2n) is 12.7. The third-order valence-corrected chi connectivity index (χ3v) is 9.47. The topological polar surface area (TPSA) is 21.1 Å². The zero-order valence-corrected chi connectivity index (χ0v) is 27.8. The molecule has 0 amide bonds. The molecular formula is C45H37N3. The maximum absolute atomic E-state index is 5.05. The summed E-state index contributed by atoms with van der Waals surface area (Å²) >= 11 is 0. The number of nitrogens with zero attached hydrogens (tertiary/aromatic N) is 3. The van der Waals surface area contributed by atoms with Gasteiger partial charge in [-0.3, -0.25) is 0 Å². The Balaban J connectivity index is 1.31. The highest BCUT2D eigenvalue weighted by molar-refractivity contribution is 6.21. The van der Waals surface area contributed by atoms with Gasteiger partial charge in [-0.1, -0.05) is 114 Å². The van der Waals surface area contributed by atoms with Gasteiger partial charge in [0.25, 0.3) is 0 Å². The minimum Gasteiger partial charge on any atom is -0.311 e. The molecule has 0 bridgehead atoms. The van der Waals surface area contributed by atoms with Gasteiger partial charge in [-0.15, -0.1) is 0 Å². The molecule has 8 aromatic rings. The van der Waals surface area contributed by atoms with E-state index in [0.29, 0.717) is 0 Å². The van der Waals surface area contributed by atoms with Crippen molar-refractivity contribution < 1.29 is 0 Å². The number of hydrogen-bond acceptors (Lipinski definition) is 2. The van der Waals surface area contributed by atoms with Gasteiger partial charge in [-0.05, 0) is 109 Å². The molecular weight excluding hydrogens is 583 g/mol. The molecule has 0 atom stereocenters. The summed E-state index contributed by atoms with van der Waals surface area (Å²) in [6.07, 6.45) is 0. The third kappa shape index (κ3) is 5.05. The fourth-order valence-corrected chi connectivity index (χ4v) is 7.15. The standard InChI is InChI=1S/C45H37N3/c1-30-18-24-35(25-19-30)47(36-26-20-31(2)21-27-36)37-28-22-34(23-29-37)44-39-14-8-10-16-41(39)45(42-17-11-9-15-40(42)44)43-32(3)46-48(33(43)4)38-12-6-5-7-13-38/h5-29H,1-4H3. The number of rotatable bonds is 6. The SMILES string of the molecule is Cc1ccc(N(c2ccc(C)cc2)c2ccc(-c3c4ccccc4c(-c4c(C)nn(-c5ccccc5)c4C)c4ccccc34)cc2)cc1. The molecule has 0 spiro atoms. The summed E-state index contributed by atoms with van der Waals surface area (Å²) in [5, 5.41) is 9.98. The quantitative estimate of drug-likeness (QED) is 0.173. The second kappa shape index (κ2) is 12.0. The van der Waals surface area contributed by atoms with Crippen LogP contribution in [0, 0.1) is 27.7 Å². The molecule has 0 N–H and O–H groups in total. The van der Waals surface area contributed by atoms with E-state index in [4.69, 9.17) is 5.10 Å². The minimum absolute atomic E-state index is 1.02. The number of anilines is 3. The molecule has 8 rings (SSSR count). The molecule has 0 aliphatic heterocycles. The molecule has 232 valence electrons. The van der Waals surface area contributed by atoms with E-state index in [1.807, 2.05) is 6.07 Å². The third-order valence-electron chi connectivity index (χ3n) is 9.47. The highest BCUT2D eigenvalue weighted by Gasteiger charge is 2.22. The van der Waals surface area contributed by atoms with Gasteiger partial charge in [0.1, 0.15) is 0 Å². The summed E-state index contributed by atoms with van der Waals surface area (Å²) in [5.74, 6) is 0. The highest BCUT2D eigenvalue weighted by atomic mass is 15.3. The Hall–Kier alpha value is -5.93. The number of aromatic nitrogens is 2. The Bertz CT molecular complexity index is 2300. The smallest absolute Gasteiger partial charge is 0.0679 e. The molecule has 3 nitrogen and oxygen atoms in total. The molecule has 1 aromatic heterocycles. The zero-order chi connectivity index (χ0) is 32.8. The van der Waals surface area contributed by atoms with E-state index < -0.39 is 0 Å². The van der Waals surface area contributed by atoms with Crippen molar-refractivity contribution in [3.05, 3.63) is 174 Å². The lowest BCUT2D eigenvalue weighted by atomic mass is 9.85. The predicted molar refractivity (Wildman–Crippen MR) is 203 cm³/mol. The van der Waals surface area contributed by atoms with E-state index >= 15 is 0 Å². The van der Waals surface area contributed by atoms with E-state index in [0.717, 1.165) is 34.1 Å². The summed E-state index contributed by atoms with van der Waals surface area (Å²) < 4.78 is 2.08. The average molecular weight is 620 g/mol. The molecule has 0 radical (unpaired) electrons. The Morgan fingerprint density at radius 1 is 0.417 bits per heavy atom.